The lowest BCUT2D eigenvalue weighted by Gasteiger charge is -1.92. The number of pyridine rings is 2. The van der Waals surface area contributed by atoms with Crippen LogP contribution in [-0.4, -0.2) is 19.6 Å². The average molecular weight is 210 g/mol. The van der Waals surface area contributed by atoms with Gasteiger partial charge in [0.1, 0.15) is 0 Å². The molecule has 3 aromatic heterocycles. The van der Waals surface area contributed by atoms with Crippen LogP contribution >= 0.6 is 0 Å². The van der Waals surface area contributed by atoms with Crippen LogP contribution in [0.1, 0.15) is 5.56 Å². The Hall–Kier alpha value is -2.23. The first-order valence-electron chi connectivity index (χ1n) is 5.06. The molecule has 0 bridgehead atoms. The molecule has 0 aliphatic heterocycles. The molecule has 0 aliphatic carbocycles. The SMILES string of the molecule is Cc1ccc2nc(-c3cccnc3)nn2c1. The molecule has 0 saturated heterocycles. The van der Waals surface area contributed by atoms with Crippen LogP contribution in [-0.2, 0) is 0 Å². The quantitative estimate of drug-likeness (QED) is 0.617. The van der Waals surface area contributed by atoms with E-state index in [-0.39, 0.29) is 0 Å². The van der Waals surface area contributed by atoms with E-state index in [0.29, 0.717) is 5.82 Å². The Morgan fingerprint density at radius 3 is 2.94 bits per heavy atom. The number of fused-ring (bicyclic) bond motifs is 1. The Bertz CT molecular complexity index is 628. The van der Waals surface area contributed by atoms with Crippen molar-refractivity contribution in [1.82, 2.24) is 19.6 Å². The summed E-state index contributed by atoms with van der Waals surface area (Å²) in [5, 5.41) is 4.41. The number of rotatable bonds is 1. The van der Waals surface area contributed by atoms with Gasteiger partial charge >= 0.3 is 0 Å². The van der Waals surface area contributed by atoms with Gasteiger partial charge < -0.3 is 0 Å². The van der Waals surface area contributed by atoms with Crippen LogP contribution in [0.25, 0.3) is 17.0 Å². The van der Waals surface area contributed by atoms with Gasteiger partial charge in [0.05, 0.1) is 0 Å². The Morgan fingerprint density at radius 2 is 2.12 bits per heavy atom. The van der Waals surface area contributed by atoms with Crippen molar-refractivity contribution >= 4 is 5.65 Å². The van der Waals surface area contributed by atoms with Gasteiger partial charge in [-0.05, 0) is 30.7 Å². The molecule has 0 saturated carbocycles. The second kappa shape index (κ2) is 3.41. The van der Waals surface area contributed by atoms with Crippen molar-refractivity contribution in [2.24, 2.45) is 0 Å². The first kappa shape index (κ1) is 9.03. The lowest BCUT2D eigenvalue weighted by atomic mass is 10.3. The van der Waals surface area contributed by atoms with E-state index in [9.17, 15) is 0 Å². The lowest BCUT2D eigenvalue weighted by molar-refractivity contribution is 0.955. The van der Waals surface area contributed by atoms with Gasteiger partial charge in [-0.2, -0.15) is 0 Å². The highest BCUT2D eigenvalue weighted by molar-refractivity contribution is 5.56. The fraction of sp³-hybridized carbons (Fsp3) is 0.0833. The summed E-state index contributed by atoms with van der Waals surface area (Å²) in [6.07, 6.45) is 5.47. The highest BCUT2D eigenvalue weighted by atomic mass is 15.3. The Labute approximate surface area is 92.6 Å². The molecular weight excluding hydrogens is 200 g/mol. The summed E-state index contributed by atoms with van der Waals surface area (Å²) < 4.78 is 1.79. The van der Waals surface area contributed by atoms with Crippen molar-refractivity contribution in [3.8, 4) is 11.4 Å². The van der Waals surface area contributed by atoms with Gasteiger partial charge in [0.15, 0.2) is 11.5 Å². The van der Waals surface area contributed by atoms with Crippen LogP contribution in [0.2, 0.25) is 0 Å². The molecule has 0 unspecified atom stereocenters. The monoisotopic (exact) mass is 210 g/mol. The predicted molar refractivity (Wildman–Crippen MR) is 61.0 cm³/mol. The molecule has 16 heavy (non-hydrogen) atoms. The minimum Gasteiger partial charge on any atom is -0.264 e. The second-order valence-electron chi connectivity index (χ2n) is 3.69. The molecule has 4 nitrogen and oxygen atoms in total. The fourth-order valence-corrected chi connectivity index (χ4v) is 1.60. The zero-order valence-corrected chi connectivity index (χ0v) is 8.83. The lowest BCUT2D eigenvalue weighted by Crippen LogP contribution is -1.87. The first-order chi connectivity index (χ1) is 7.83. The topological polar surface area (TPSA) is 43.1 Å². The molecule has 0 spiro atoms. The van der Waals surface area contributed by atoms with Crippen molar-refractivity contribution in [3.63, 3.8) is 0 Å². The normalized spacial score (nSPS) is 10.8. The molecule has 0 radical (unpaired) electrons. The minimum atomic E-state index is 0.707. The molecule has 78 valence electrons. The van der Waals surface area contributed by atoms with E-state index < -0.39 is 0 Å². The van der Waals surface area contributed by atoms with Gasteiger partial charge in [-0.15, -0.1) is 5.10 Å². The summed E-state index contributed by atoms with van der Waals surface area (Å²) in [4.78, 5) is 8.50. The zero-order chi connectivity index (χ0) is 11.0. The van der Waals surface area contributed by atoms with Crippen molar-refractivity contribution < 1.29 is 0 Å². The molecule has 0 amide bonds. The number of aromatic nitrogens is 4. The zero-order valence-electron chi connectivity index (χ0n) is 8.83. The largest absolute Gasteiger partial charge is 0.264 e. The van der Waals surface area contributed by atoms with Crippen molar-refractivity contribution in [2.75, 3.05) is 0 Å². The van der Waals surface area contributed by atoms with E-state index in [1.807, 2.05) is 37.4 Å². The van der Waals surface area contributed by atoms with E-state index in [1.165, 1.54) is 0 Å². The first-order valence-corrected chi connectivity index (χ1v) is 5.06. The van der Waals surface area contributed by atoms with Crippen molar-refractivity contribution in [3.05, 3.63) is 48.4 Å². The second-order valence-corrected chi connectivity index (χ2v) is 3.69. The van der Waals surface area contributed by atoms with Crippen LogP contribution < -0.4 is 0 Å². The highest BCUT2D eigenvalue weighted by Gasteiger charge is 2.05. The maximum atomic E-state index is 4.44. The third kappa shape index (κ3) is 1.44. The van der Waals surface area contributed by atoms with E-state index in [2.05, 4.69) is 15.1 Å². The molecule has 3 heterocycles. The average Bonchev–Trinajstić information content (AvgIpc) is 2.73. The summed E-state index contributed by atoms with van der Waals surface area (Å²) in [7, 11) is 0. The van der Waals surface area contributed by atoms with Crippen LogP contribution in [0.5, 0.6) is 0 Å². The number of nitrogens with zero attached hydrogens (tertiary/aromatic N) is 4. The van der Waals surface area contributed by atoms with E-state index in [0.717, 1.165) is 16.8 Å². The molecule has 0 fully saturated rings. The van der Waals surface area contributed by atoms with Gasteiger partial charge in [0.2, 0.25) is 0 Å². The standard InChI is InChI=1S/C12H10N4/c1-9-4-5-11-14-12(15-16(11)8-9)10-3-2-6-13-7-10/h2-8H,1H3. The summed E-state index contributed by atoms with van der Waals surface area (Å²) in [5.74, 6) is 0.707. The molecule has 0 N–H and O–H groups in total. The van der Waals surface area contributed by atoms with E-state index in [4.69, 9.17) is 0 Å². The maximum Gasteiger partial charge on any atom is 0.183 e. The Morgan fingerprint density at radius 1 is 1.19 bits per heavy atom. The number of hydrogen-bond acceptors (Lipinski definition) is 3. The molecule has 0 aliphatic rings. The van der Waals surface area contributed by atoms with Gasteiger partial charge in [0, 0.05) is 24.2 Å². The number of aryl methyl sites for hydroxylation is 1. The summed E-state index contributed by atoms with van der Waals surface area (Å²) in [6.45, 7) is 2.03. The molecule has 0 atom stereocenters. The Kier molecular flexibility index (Phi) is 1.93. The van der Waals surface area contributed by atoms with Gasteiger partial charge in [-0.3, -0.25) is 4.98 Å². The molecule has 0 aromatic carbocycles. The fourth-order valence-electron chi connectivity index (χ4n) is 1.60. The van der Waals surface area contributed by atoms with Crippen molar-refractivity contribution in [1.29, 1.82) is 0 Å². The van der Waals surface area contributed by atoms with Gasteiger partial charge in [0.25, 0.3) is 0 Å². The van der Waals surface area contributed by atoms with E-state index in [1.54, 1.807) is 16.9 Å². The van der Waals surface area contributed by atoms with Gasteiger partial charge in [-0.25, -0.2) is 9.50 Å². The highest BCUT2D eigenvalue weighted by Crippen LogP contribution is 2.14. The molecule has 3 rings (SSSR count). The molecule has 4 heteroatoms. The van der Waals surface area contributed by atoms with Crippen molar-refractivity contribution in [2.45, 2.75) is 6.92 Å². The molecular formula is C12H10N4. The predicted octanol–water partition coefficient (Wildman–Crippen LogP) is 2.10. The third-order valence-electron chi connectivity index (χ3n) is 2.40. The maximum absolute atomic E-state index is 4.44. The third-order valence-corrected chi connectivity index (χ3v) is 2.40. The smallest absolute Gasteiger partial charge is 0.183 e. The minimum absolute atomic E-state index is 0.707. The van der Waals surface area contributed by atoms with Gasteiger partial charge in [-0.1, -0.05) is 6.07 Å². The molecule has 3 aromatic rings. The van der Waals surface area contributed by atoms with Crippen LogP contribution in [0, 0.1) is 6.92 Å². The van der Waals surface area contributed by atoms with Crippen LogP contribution in [0.3, 0.4) is 0 Å². The van der Waals surface area contributed by atoms with Crippen LogP contribution in [0.15, 0.2) is 42.9 Å². The Balaban J connectivity index is 2.19. The van der Waals surface area contributed by atoms with E-state index >= 15 is 0 Å². The number of hydrogen-bond donors (Lipinski definition) is 0. The summed E-state index contributed by atoms with van der Waals surface area (Å²) in [6, 6.07) is 7.82. The summed E-state index contributed by atoms with van der Waals surface area (Å²) >= 11 is 0. The van der Waals surface area contributed by atoms with Crippen LogP contribution in [0.4, 0.5) is 0 Å². The summed E-state index contributed by atoms with van der Waals surface area (Å²) in [5.41, 5.74) is 2.95.